The van der Waals surface area contributed by atoms with Crippen molar-refractivity contribution < 1.29 is 9.53 Å². The monoisotopic (exact) mass is 271 g/mol. The molecular weight excluding hydrogens is 250 g/mol. The average molecular weight is 271 g/mol. The first-order valence-corrected chi connectivity index (χ1v) is 6.85. The fourth-order valence-corrected chi connectivity index (χ4v) is 2.49. The standard InChI is InChI=1S/C12H21N3O2S/c1-14-12(16)11-9(13)8-10(18-11)15-6-4-3-5-7-17-2/h8,15H,3-7,13H2,1-2H3,(H,14,16). The van der Waals surface area contributed by atoms with E-state index in [2.05, 4.69) is 10.6 Å². The molecule has 0 aliphatic carbocycles. The van der Waals surface area contributed by atoms with Gasteiger partial charge in [-0.15, -0.1) is 11.3 Å². The van der Waals surface area contributed by atoms with Gasteiger partial charge in [-0.1, -0.05) is 0 Å². The highest BCUT2D eigenvalue weighted by atomic mass is 32.1. The zero-order valence-electron chi connectivity index (χ0n) is 10.9. The molecule has 0 unspecified atom stereocenters. The van der Waals surface area contributed by atoms with Gasteiger partial charge in [-0.2, -0.15) is 0 Å². The first-order chi connectivity index (χ1) is 8.69. The van der Waals surface area contributed by atoms with E-state index >= 15 is 0 Å². The lowest BCUT2D eigenvalue weighted by atomic mass is 10.2. The second-order valence-electron chi connectivity index (χ2n) is 3.95. The van der Waals surface area contributed by atoms with Crippen LogP contribution in [0.5, 0.6) is 0 Å². The van der Waals surface area contributed by atoms with E-state index in [0.29, 0.717) is 10.6 Å². The Kier molecular flexibility index (Phi) is 6.53. The van der Waals surface area contributed by atoms with Crippen LogP contribution in [0.2, 0.25) is 0 Å². The molecule has 18 heavy (non-hydrogen) atoms. The van der Waals surface area contributed by atoms with Crippen LogP contribution in [0.25, 0.3) is 0 Å². The molecule has 0 radical (unpaired) electrons. The minimum absolute atomic E-state index is 0.134. The van der Waals surface area contributed by atoms with Crippen LogP contribution in [-0.2, 0) is 4.74 Å². The number of thiophene rings is 1. The quantitative estimate of drug-likeness (QED) is 0.631. The summed E-state index contributed by atoms with van der Waals surface area (Å²) in [4.78, 5) is 12.0. The lowest BCUT2D eigenvalue weighted by molar-refractivity contribution is 0.0968. The number of nitrogen functional groups attached to an aromatic ring is 1. The molecule has 1 aromatic heterocycles. The first kappa shape index (κ1) is 14.8. The molecule has 6 heteroatoms. The van der Waals surface area contributed by atoms with Gasteiger partial charge in [0.2, 0.25) is 0 Å². The number of anilines is 2. The Morgan fingerprint density at radius 2 is 2.22 bits per heavy atom. The number of amides is 1. The van der Waals surface area contributed by atoms with Gasteiger partial charge in [-0.25, -0.2) is 0 Å². The smallest absolute Gasteiger partial charge is 0.263 e. The molecule has 0 bridgehead atoms. The molecule has 5 nitrogen and oxygen atoms in total. The lowest BCUT2D eigenvalue weighted by Crippen LogP contribution is -2.17. The second kappa shape index (κ2) is 7.94. The molecular formula is C12H21N3O2S. The fraction of sp³-hybridized carbons (Fsp3) is 0.583. The van der Waals surface area contributed by atoms with Gasteiger partial charge in [-0.05, 0) is 25.3 Å². The maximum atomic E-state index is 11.5. The molecule has 0 aliphatic heterocycles. The van der Waals surface area contributed by atoms with E-state index in [-0.39, 0.29) is 5.91 Å². The number of methoxy groups -OCH3 is 1. The molecule has 0 atom stereocenters. The SMILES string of the molecule is CNC(=O)c1sc(NCCCCCOC)cc1N. The summed E-state index contributed by atoms with van der Waals surface area (Å²) in [6.07, 6.45) is 3.29. The number of nitrogens with two attached hydrogens (primary N) is 1. The number of hydrogen-bond donors (Lipinski definition) is 3. The third-order valence-electron chi connectivity index (χ3n) is 2.52. The van der Waals surface area contributed by atoms with Crippen LogP contribution in [-0.4, -0.2) is 33.2 Å². The van der Waals surface area contributed by atoms with E-state index in [1.165, 1.54) is 11.3 Å². The van der Waals surface area contributed by atoms with Gasteiger partial charge in [0.05, 0.1) is 10.7 Å². The van der Waals surface area contributed by atoms with Crippen molar-refractivity contribution in [2.24, 2.45) is 0 Å². The van der Waals surface area contributed by atoms with Gasteiger partial charge >= 0.3 is 0 Å². The first-order valence-electron chi connectivity index (χ1n) is 6.03. The molecule has 0 saturated heterocycles. The Morgan fingerprint density at radius 3 is 2.89 bits per heavy atom. The van der Waals surface area contributed by atoms with Gasteiger partial charge in [0.1, 0.15) is 4.88 Å². The summed E-state index contributed by atoms with van der Waals surface area (Å²) >= 11 is 1.39. The molecule has 1 aromatic rings. The highest BCUT2D eigenvalue weighted by Crippen LogP contribution is 2.28. The predicted octanol–water partition coefficient (Wildman–Crippen LogP) is 1.92. The molecule has 4 N–H and O–H groups in total. The Balaban J connectivity index is 2.33. The van der Waals surface area contributed by atoms with Crippen molar-refractivity contribution in [1.82, 2.24) is 5.32 Å². The van der Waals surface area contributed by atoms with Crippen LogP contribution in [0.3, 0.4) is 0 Å². The molecule has 1 rings (SSSR count). The Bertz CT molecular complexity index is 379. The van der Waals surface area contributed by atoms with Crippen LogP contribution in [0.4, 0.5) is 10.7 Å². The Morgan fingerprint density at radius 1 is 1.44 bits per heavy atom. The molecule has 102 valence electrons. The van der Waals surface area contributed by atoms with Crippen LogP contribution >= 0.6 is 11.3 Å². The summed E-state index contributed by atoms with van der Waals surface area (Å²) in [7, 11) is 3.32. The zero-order chi connectivity index (χ0) is 13.4. The summed E-state index contributed by atoms with van der Waals surface area (Å²) < 4.78 is 4.99. The number of unbranched alkanes of at least 4 members (excludes halogenated alkanes) is 2. The Hall–Kier alpha value is -1.27. The van der Waals surface area contributed by atoms with Gasteiger partial charge < -0.3 is 21.1 Å². The van der Waals surface area contributed by atoms with Crippen molar-refractivity contribution in [3.63, 3.8) is 0 Å². The zero-order valence-corrected chi connectivity index (χ0v) is 11.7. The summed E-state index contributed by atoms with van der Waals surface area (Å²) in [5.41, 5.74) is 6.31. The number of nitrogens with one attached hydrogen (secondary N) is 2. The second-order valence-corrected chi connectivity index (χ2v) is 5.01. The van der Waals surface area contributed by atoms with Gasteiger partial charge in [0, 0.05) is 27.3 Å². The van der Waals surface area contributed by atoms with E-state index in [4.69, 9.17) is 10.5 Å². The minimum Gasteiger partial charge on any atom is -0.397 e. The average Bonchev–Trinajstić information content (AvgIpc) is 2.74. The van der Waals surface area contributed by atoms with Crippen molar-refractivity contribution in [3.05, 3.63) is 10.9 Å². The number of carbonyl (C=O) groups excluding carboxylic acids is 1. The molecule has 1 heterocycles. The van der Waals surface area contributed by atoms with E-state index < -0.39 is 0 Å². The normalized spacial score (nSPS) is 10.3. The van der Waals surface area contributed by atoms with E-state index in [1.54, 1.807) is 14.2 Å². The topological polar surface area (TPSA) is 76.4 Å². The number of rotatable bonds is 8. The molecule has 0 aromatic carbocycles. The van der Waals surface area contributed by atoms with Crippen LogP contribution in [0.1, 0.15) is 28.9 Å². The lowest BCUT2D eigenvalue weighted by Gasteiger charge is -2.03. The molecule has 0 aliphatic rings. The van der Waals surface area contributed by atoms with Crippen LogP contribution < -0.4 is 16.4 Å². The van der Waals surface area contributed by atoms with Gasteiger partial charge in [-0.3, -0.25) is 4.79 Å². The van der Waals surface area contributed by atoms with Crippen molar-refractivity contribution in [3.8, 4) is 0 Å². The highest BCUT2D eigenvalue weighted by molar-refractivity contribution is 7.18. The molecule has 0 saturated carbocycles. The maximum absolute atomic E-state index is 11.5. The third-order valence-corrected chi connectivity index (χ3v) is 3.63. The Labute approximate surface area is 112 Å². The fourth-order valence-electron chi connectivity index (χ4n) is 1.54. The summed E-state index contributed by atoms with van der Waals surface area (Å²) in [5.74, 6) is -0.134. The van der Waals surface area contributed by atoms with Crippen molar-refractivity contribution in [2.75, 3.05) is 38.4 Å². The van der Waals surface area contributed by atoms with E-state index in [1.807, 2.05) is 6.07 Å². The minimum atomic E-state index is -0.134. The van der Waals surface area contributed by atoms with E-state index in [0.717, 1.165) is 37.4 Å². The number of hydrogen-bond acceptors (Lipinski definition) is 5. The van der Waals surface area contributed by atoms with E-state index in [9.17, 15) is 4.79 Å². The molecule has 0 spiro atoms. The van der Waals surface area contributed by atoms with Crippen LogP contribution in [0, 0.1) is 0 Å². The van der Waals surface area contributed by atoms with Gasteiger partial charge in [0.15, 0.2) is 0 Å². The molecule has 1 amide bonds. The van der Waals surface area contributed by atoms with Crippen molar-refractivity contribution >= 4 is 27.9 Å². The third kappa shape index (κ3) is 4.54. The summed E-state index contributed by atoms with van der Waals surface area (Å²) in [6.45, 7) is 1.70. The van der Waals surface area contributed by atoms with Gasteiger partial charge in [0.25, 0.3) is 5.91 Å². The van der Waals surface area contributed by atoms with Crippen molar-refractivity contribution in [1.29, 1.82) is 0 Å². The van der Waals surface area contributed by atoms with Crippen LogP contribution in [0.15, 0.2) is 6.07 Å². The van der Waals surface area contributed by atoms with Crippen molar-refractivity contribution in [2.45, 2.75) is 19.3 Å². The number of ether oxygens (including phenoxy) is 1. The highest BCUT2D eigenvalue weighted by Gasteiger charge is 2.12. The summed E-state index contributed by atoms with van der Waals surface area (Å²) in [5, 5.41) is 6.80. The summed E-state index contributed by atoms with van der Waals surface area (Å²) in [6, 6.07) is 1.81. The predicted molar refractivity (Wildman–Crippen MR) is 76.3 cm³/mol. The maximum Gasteiger partial charge on any atom is 0.263 e. The molecule has 0 fully saturated rings. The largest absolute Gasteiger partial charge is 0.397 e. The number of carbonyl (C=O) groups is 1.